The van der Waals surface area contributed by atoms with E-state index >= 15 is 0 Å². The lowest BCUT2D eigenvalue weighted by Crippen LogP contribution is -2.22. The normalized spacial score (nSPS) is 12.3. The second-order valence-corrected chi connectivity index (χ2v) is 10.1. The Morgan fingerprint density at radius 3 is 2.44 bits per heavy atom. The highest BCUT2D eigenvalue weighted by Gasteiger charge is 2.18. The number of benzene rings is 3. The molecule has 1 atom stereocenters. The van der Waals surface area contributed by atoms with Crippen LogP contribution in [0.1, 0.15) is 23.7 Å². The number of carboxylic acids is 1. The molecule has 0 fully saturated rings. The van der Waals surface area contributed by atoms with Crippen LogP contribution in [0, 0.1) is 0 Å². The molecule has 0 aromatic heterocycles. The quantitative estimate of drug-likeness (QED) is 0.321. The minimum Gasteiger partial charge on any atom is -0.482 e. The molecule has 0 aliphatic heterocycles. The van der Waals surface area contributed by atoms with Crippen LogP contribution in [0.25, 0.3) is 0 Å². The average molecular weight is 504 g/mol. The van der Waals surface area contributed by atoms with E-state index in [0.717, 1.165) is 24.0 Å². The number of hydrogen-bond acceptors (Lipinski definition) is 6. The van der Waals surface area contributed by atoms with Gasteiger partial charge in [-0.2, -0.15) is 0 Å². The summed E-state index contributed by atoms with van der Waals surface area (Å²) in [6.07, 6.45) is 0.924. The van der Waals surface area contributed by atoms with Crippen molar-refractivity contribution in [3.05, 3.63) is 88.9 Å². The molecule has 7 nitrogen and oxygen atoms in total. The van der Waals surface area contributed by atoms with Crippen LogP contribution in [0.4, 0.5) is 0 Å². The van der Waals surface area contributed by atoms with Gasteiger partial charge in [-0.05, 0) is 73.0 Å². The molecule has 0 amide bonds. The predicted molar refractivity (Wildman–Crippen MR) is 129 cm³/mol. The Bertz CT molecular complexity index is 1210. The third kappa shape index (κ3) is 7.30. The van der Waals surface area contributed by atoms with Crippen molar-refractivity contribution in [3.63, 3.8) is 0 Å². The summed E-state index contributed by atoms with van der Waals surface area (Å²) in [4.78, 5) is 10.8. The Labute approximate surface area is 203 Å². The topological polar surface area (TPSA) is 113 Å². The number of aliphatic hydroxyl groups excluding tert-OH is 1. The monoisotopic (exact) mass is 503 g/mol. The van der Waals surface area contributed by atoms with Gasteiger partial charge in [-0.1, -0.05) is 41.9 Å². The van der Waals surface area contributed by atoms with Gasteiger partial charge in [0.2, 0.25) is 9.84 Å². The van der Waals surface area contributed by atoms with Crippen LogP contribution >= 0.6 is 11.6 Å². The van der Waals surface area contributed by atoms with Crippen LogP contribution in [0.2, 0.25) is 5.02 Å². The van der Waals surface area contributed by atoms with Crippen LogP contribution in [-0.2, 0) is 21.1 Å². The first kappa shape index (κ1) is 25.7. The number of ether oxygens (including phenoxy) is 1. The zero-order valence-corrected chi connectivity index (χ0v) is 19.9. The van der Waals surface area contributed by atoms with E-state index in [-0.39, 0.29) is 15.5 Å². The molecule has 9 heteroatoms. The van der Waals surface area contributed by atoms with E-state index in [2.05, 4.69) is 5.32 Å². The van der Waals surface area contributed by atoms with Crippen LogP contribution < -0.4 is 10.1 Å². The molecule has 0 radical (unpaired) electrons. The predicted octanol–water partition coefficient (Wildman–Crippen LogP) is 3.89. The van der Waals surface area contributed by atoms with Crippen molar-refractivity contribution in [3.8, 4) is 5.75 Å². The Hall–Kier alpha value is -2.91. The highest BCUT2D eigenvalue weighted by atomic mass is 35.5. The first-order valence-electron chi connectivity index (χ1n) is 10.7. The number of carboxylic acid groups (broad SMARTS) is 1. The largest absolute Gasteiger partial charge is 0.482 e. The molecule has 3 aromatic rings. The van der Waals surface area contributed by atoms with Crippen LogP contribution in [0.5, 0.6) is 5.75 Å². The maximum absolute atomic E-state index is 12.9. The van der Waals surface area contributed by atoms with Crippen molar-refractivity contribution in [2.45, 2.75) is 28.7 Å². The van der Waals surface area contributed by atoms with Gasteiger partial charge < -0.3 is 20.3 Å². The molecular formula is C25H26ClNO6S. The Balaban J connectivity index is 1.50. The number of sulfone groups is 1. The standard InChI is InChI=1S/C25H26ClNO6S/c26-20-6-1-5-19(14-20)24(28)16-27-13-3-4-18-9-11-22(12-10-18)34(31,32)23-8-2-7-21(15-23)33-17-25(29)30/h1-2,5-12,14-15,24,27-28H,3-4,13,16-17H2,(H,29,30)/t24-/m1/s1. The van der Waals surface area contributed by atoms with Crippen molar-refractivity contribution < 1.29 is 28.2 Å². The second kappa shape index (κ2) is 12.0. The summed E-state index contributed by atoms with van der Waals surface area (Å²) in [6.45, 7) is 0.556. The molecule has 3 N–H and O–H groups in total. The Morgan fingerprint density at radius 2 is 1.74 bits per heavy atom. The van der Waals surface area contributed by atoms with Crippen molar-refractivity contribution >= 4 is 27.4 Å². The molecule has 0 spiro atoms. The van der Waals surface area contributed by atoms with E-state index in [1.165, 1.54) is 24.3 Å². The summed E-state index contributed by atoms with van der Waals surface area (Å²) in [7, 11) is -3.76. The van der Waals surface area contributed by atoms with Gasteiger partial charge in [0.05, 0.1) is 15.9 Å². The van der Waals surface area contributed by atoms with E-state index in [1.807, 2.05) is 6.07 Å². The summed E-state index contributed by atoms with van der Waals surface area (Å²) in [5, 5.41) is 22.7. The Kier molecular flexibility index (Phi) is 9.06. The van der Waals surface area contributed by atoms with Gasteiger partial charge in [-0.15, -0.1) is 0 Å². The SMILES string of the molecule is O=C(O)COc1cccc(S(=O)(=O)c2ccc(CCCNC[C@@H](O)c3cccc(Cl)c3)cc2)c1. The fraction of sp³-hybridized carbons (Fsp3) is 0.240. The van der Waals surface area contributed by atoms with Gasteiger partial charge in [0, 0.05) is 11.6 Å². The van der Waals surface area contributed by atoms with E-state index < -0.39 is 28.5 Å². The van der Waals surface area contributed by atoms with Gasteiger partial charge in [-0.25, -0.2) is 13.2 Å². The Morgan fingerprint density at radius 1 is 1.00 bits per heavy atom. The summed E-state index contributed by atoms with van der Waals surface area (Å²) < 4.78 is 30.9. The number of aryl methyl sites for hydroxylation is 1. The van der Waals surface area contributed by atoms with Crippen molar-refractivity contribution in [2.24, 2.45) is 0 Å². The summed E-state index contributed by atoms with van der Waals surface area (Å²) in [5.41, 5.74) is 1.76. The lowest BCUT2D eigenvalue weighted by Gasteiger charge is -2.12. The zero-order chi connectivity index (χ0) is 24.6. The molecule has 3 aromatic carbocycles. The number of carbonyl (C=O) groups is 1. The summed E-state index contributed by atoms with van der Waals surface area (Å²) in [6, 6.07) is 19.6. The minimum absolute atomic E-state index is 0.0330. The molecule has 0 aliphatic carbocycles. The van der Waals surface area contributed by atoms with Gasteiger partial charge >= 0.3 is 5.97 Å². The molecule has 0 unspecified atom stereocenters. The minimum atomic E-state index is -3.76. The van der Waals surface area contributed by atoms with Crippen LogP contribution in [0.3, 0.4) is 0 Å². The first-order valence-corrected chi connectivity index (χ1v) is 12.5. The third-order valence-electron chi connectivity index (χ3n) is 5.10. The van der Waals surface area contributed by atoms with E-state index in [4.69, 9.17) is 21.4 Å². The molecular weight excluding hydrogens is 478 g/mol. The van der Waals surface area contributed by atoms with Crippen molar-refractivity contribution in [2.75, 3.05) is 19.7 Å². The molecule has 34 heavy (non-hydrogen) atoms. The third-order valence-corrected chi connectivity index (χ3v) is 7.10. The van der Waals surface area contributed by atoms with E-state index in [1.54, 1.807) is 42.5 Å². The average Bonchev–Trinajstić information content (AvgIpc) is 2.83. The van der Waals surface area contributed by atoms with Crippen molar-refractivity contribution in [1.82, 2.24) is 5.32 Å². The number of nitrogens with one attached hydrogen (secondary N) is 1. The molecule has 3 rings (SSSR count). The summed E-state index contributed by atoms with van der Waals surface area (Å²) >= 11 is 5.95. The maximum atomic E-state index is 12.9. The van der Waals surface area contributed by atoms with Gasteiger partial charge in [0.1, 0.15) is 5.75 Å². The maximum Gasteiger partial charge on any atom is 0.341 e. The molecule has 0 bridgehead atoms. The van der Waals surface area contributed by atoms with Crippen molar-refractivity contribution in [1.29, 1.82) is 0 Å². The van der Waals surface area contributed by atoms with Crippen LogP contribution in [-0.4, -0.2) is 44.3 Å². The fourth-order valence-corrected chi connectivity index (χ4v) is 4.83. The zero-order valence-electron chi connectivity index (χ0n) is 18.4. The molecule has 0 aliphatic rings. The fourth-order valence-electron chi connectivity index (χ4n) is 3.34. The molecule has 180 valence electrons. The van der Waals surface area contributed by atoms with Gasteiger partial charge in [0.25, 0.3) is 0 Å². The number of hydrogen-bond donors (Lipinski definition) is 3. The molecule has 0 saturated carbocycles. The first-order chi connectivity index (χ1) is 16.3. The van der Waals surface area contributed by atoms with Crippen LogP contribution in [0.15, 0.2) is 82.6 Å². The highest BCUT2D eigenvalue weighted by molar-refractivity contribution is 7.91. The summed E-state index contributed by atoms with van der Waals surface area (Å²) in [5.74, 6) is -0.968. The number of rotatable bonds is 12. The lowest BCUT2D eigenvalue weighted by molar-refractivity contribution is -0.139. The molecule has 0 saturated heterocycles. The van der Waals surface area contributed by atoms with E-state index in [0.29, 0.717) is 18.1 Å². The smallest absolute Gasteiger partial charge is 0.341 e. The lowest BCUT2D eigenvalue weighted by atomic mass is 10.1. The number of halogens is 1. The van der Waals surface area contributed by atoms with E-state index in [9.17, 15) is 18.3 Å². The number of aliphatic hydroxyl groups is 1. The van der Waals surface area contributed by atoms with Gasteiger partial charge in [0.15, 0.2) is 6.61 Å². The molecule has 0 heterocycles. The van der Waals surface area contributed by atoms with Gasteiger partial charge in [-0.3, -0.25) is 0 Å². The second-order valence-electron chi connectivity index (χ2n) is 7.68. The number of aliphatic carboxylic acids is 1. The highest BCUT2D eigenvalue weighted by Crippen LogP contribution is 2.25.